The second kappa shape index (κ2) is 4.92. The van der Waals surface area contributed by atoms with Crippen LogP contribution in [0.2, 0.25) is 0 Å². The first-order valence-corrected chi connectivity index (χ1v) is 6.02. The molecule has 1 aliphatic rings. The average molecular weight is 277 g/mol. The Morgan fingerprint density at radius 1 is 1.40 bits per heavy atom. The number of amides is 3. The normalized spacial score (nSPS) is 17.1. The van der Waals surface area contributed by atoms with Crippen molar-refractivity contribution in [3.05, 3.63) is 29.6 Å². The van der Waals surface area contributed by atoms with Crippen LogP contribution in [0.25, 0.3) is 0 Å². The van der Waals surface area contributed by atoms with Crippen molar-refractivity contribution in [1.82, 2.24) is 15.2 Å². The van der Waals surface area contributed by atoms with E-state index in [9.17, 15) is 14.4 Å². The van der Waals surface area contributed by atoms with Crippen molar-refractivity contribution in [2.75, 3.05) is 7.11 Å². The average Bonchev–Trinajstić information content (AvgIpc) is 2.61. The van der Waals surface area contributed by atoms with E-state index in [0.29, 0.717) is 11.3 Å². The highest BCUT2D eigenvalue weighted by atomic mass is 16.5. The van der Waals surface area contributed by atoms with E-state index in [1.54, 1.807) is 19.9 Å². The fourth-order valence-electron chi connectivity index (χ4n) is 1.88. The highest BCUT2D eigenvalue weighted by Gasteiger charge is 2.44. The van der Waals surface area contributed by atoms with Gasteiger partial charge in [0.2, 0.25) is 0 Å². The predicted molar refractivity (Wildman–Crippen MR) is 68.7 cm³/mol. The standard InChI is InChI=1S/C13H15N3O4/c1-13(2)11(18)16(12(19)15-13)7-9-5-4-8(6-14-9)10(17)20-3/h4-6H,7H2,1-3H3,(H,15,19). The second-order valence-corrected chi connectivity index (χ2v) is 4.98. The Morgan fingerprint density at radius 3 is 2.55 bits per heavy atom. The summed E-state index contributed by atoms with van der Waals surface area (Å²) in [4.78, 5) is 40.1. The summed E-state index contributed by atoms with van der Waals surface area (Å²) in [6.45, 7) is 3.34. The van der Waals surface area contributed by atoms with Gasteiger partial charge in [0, 0.05) is 6.20 Å². The molecule has 1 aromatic heterocycles. The Morgan fingerprint density at radius 2 is 2.10 bits per heavy atom. The van der Waals surface area contributed by atoms with Crippen molar-refractivity contribution in [3.63, 3.8) is 0 Å². The first kappa shape index (κ1) is 14.0. The van der Waals surface area contributed by atoms with E-state index < -0.39 is 17.5 Å². The number of imide groups is 1. The molecule has 0 aromatic carbocycles. The number of methoxy groups -OCH3 is 1. The molecular weight excluding hydrogens is 262 g/mol. The van der Waals surface area contributed by atoms with Crippen molar-refractivity contribution in [2.24, 2.45) is 0 Å². The largest absolute Gasteiger partial charge is 0.465 e. The minimum absolute atomic E-state index is 0.0650. The molecule has 0 radical (unpaired) electrons. The van der Waals surface area contributed by atoms with Crippen LogP contribution in [0.1, 0.15) is 29.9 Å². The third-order valence-corrected chi connectivity index (χ3v) is 3.01. The van der Waals surface area contributed by atoms with Crippen molar-refractivity contribution in [1.29, 1.82) is 0 Å². The van der Waals surface area contributed by atoms with Gasteiger partial charge in [0.25, 0.3) is 5.91 Å². The summed E-state index contributed by atoms with van der Waals surface area (Å²) in [6, 6.07) is 2.68. The number of pyridine rings is 1. The summed E-state index contributed by atoms with van der Waals surface area (Å²) in [5, 5.41) is 2.59. The fourth-order valence-corrected chi connectivity index (χ4v) is 1.88. The number of aromatic nitrogens is 1. The van der Waals surface area contributed by atoms with Gasteiger partial charge >= 0.3 is 12.0 Å². The third kappa shape index (κ3) is 2.47. The molecule has 1 saturated heterocycles. The first-order chi connectivity index (χ1) is 9.35. The van der Waals surface area contributed by atoms with Gasteiger partial charge in [-0.2, -0.15) is 0 Å². The monoisotopic (exact) mass is 277 g/mol. The number of urea groups is 1. The number of hydrogen-bond donors (Lipinski definition) is 1. The number of carbonyl (C=O) groups excluding carboxylic acids is 3. The number of nitrogens with zero attached hydrogens (tertiary/aromatic N) is 2. The van der Waals surface area contributed by atoms with Gasteiger partial charge in [0.15, 0.2) is 0 Å². The van der Waals surface area contributed by atoms with Crippen molar-refractivity contribution in [3.8, 4) is 0 Å². The van der Waals surface area contributed by atoms with Gasteiger partial charge in [-0.3, -0.25) is 14.7 Å². The van der Waals surface area contributed by atoms with Gasteiger partial charge in [0.1, 0.15) is 5.54 Å². The molecule has 7 nitrogen and oxygen atoms in total. The Bertz CT molecular complexity index is 565. The highest BCUT2D eigenvalue weighted by Crippen LogP contribution is 2.18. The Hall–Kier alpha value is -2.44. The van der Waals surface area contributed by atoms with Crippen LogP contribution >= 0.6 is 0 Å². The fraction of sp³-hybridized carbons (Fsp3) is 0.385. The number of esters is 1. The highest BCUT2D eigenvalue weighted by molar-refractivity contribution is 6.06. The molecule has 7 heteroatoms. The topological polar surface area (TPSA) is 88.6 Å². The molecule has 1 fully saturated rings. The molecule has 106 valence electrons. The predicted octanol–water partition coefficient (Wildman–Crippen LogP) is 0.699. The smallest absolute Gasteiger partial charge is 0.339 e. The van der Waals surface area contributed by atoms with Crippen LogP contribution in [-0.2, 0) is 16.1 Å². The van der Waals surface area contributed by atoms with E-state index in [-0.39, 0.29) is 12.5 Å². The van der Waals surface area contributed by atoms with Gasteiger partial charge in [-0.05, 0) is 26.0 Å². The summed E-state index contributed by atoms with van der Waals surface area (Å²) >= 11 is 0. The maximum absolute atomic E-state index is 12.0. The quantitative estimate of drug-likeness (QED) is 0.649. The van der Waals surface area contributed by atoms with Gasteiger partial charge in [-0.15, -0.1) is 0 Å². The molecule has 2 heterocycles. The lowest BCUT2D eigenvalue weighted by atomic mass is 10.1. The zero-order chi connectivity index (χ0) is 14.9. The van der Waals surface area contributed by atoms with Crippen LogP contribution in [-0.4, -0.2) is 40.4 Å². The Kier molecular flexibility index (Phi) is 3.44. The lowest BCUT2D eigenvalue weighted by Crippen LogP contribution is -2.40. The molecule has 1 N–H and O–H groups in total. The third-order valence-electron chi connectivity index (χ3n) is 3.01. The summed E-state index contributed by atoms with van der Waals surface area (Å²) in [7, 11) is 1.28. The number of rotatable bonds is 3. The van der Waals surface area contributed by atoms with E-state index in [0.717, 1.165) is 4.90 Å². The van der Waals surface area contributed by atoms with Crippen LogP contribution in [0.5, 0.6) is 0 Å². The van der Waals surface area contributed by atoms with Gasteiger partial charge in [0.05, 0.1) is 24.9 Å². The van der Waals surface area contributed by atoms with Crippen LogP contribution in [0.3, 0.4) is 0 Å². The van der Waals surface area contributed by atoms with E-state index in [2.05, 4.69) is 15.0 Å². The minimum atomic E-state index is -0.900. The summed E-state index contributed by atoms with van der Waals surface area (Å²) in [5.74, 6) is -0.790. The molecule has 0 atom stereocenters. The second-order valence-electron chi connectivity index (χ2n) is 4.98. The Labute approximate surface area is 115 Å². The van der Waals surface area contributed by atoms with Crippen LogP contribution in [0, 0.1) is 0 Å². The minimum Gasteiger partial charge on any atom is -0.465 e. The zero-order valence-corrected chi connectivity index (χ0v) is 11.5. The molecule has 0 saturated carbocycles. The molecule has 0 aliphatic carbocycles. The SMILES string of the molecule is COC(=O)c1ccc(CN2C(=O)NC(C)(C)C2=O)nc1. The molecule has 0 unspecified atom stereocenters. The van der Waals surface area contributed by atoms with E-state index in [1.807, 2.05) is 0 Å². The van der Waals surface area contributed by atoms with Crippen molar-refractivity contribution < 1.29 is 19.1 Å². The maximum Gasteiger partial charge on any atom is 0.339 e. The molecule has 2 rings (SSSR count). The first-order valence-electron chi connectivity index (χ1n) is 6.02. The molecule has 1 aromatic rings. The number of nitrogens with one attached hydrogen (secondary N) is 1. The van der Waals surface area contributed by atoms with Crippen molar-refractivity contribution >= 4 is 17.9 Å². The summed E-state index contributed by atoms with van der Waals surface area (Å²) < 4.78 is 4.56. The van der Waals surface area contributed by atoms with Gasteiger partial charge in [-0.1, -0.05) is 0 Å². The Balaban J connectivity index is 2.13. The summed E-state index contributed by atoms with van der Waals surface area (Å²) in [5.41, 5.74) is -0.0732. The van der Waals surface area contributed by atoms with Crippen LogP contribution in [0.15, 0.2) is 18.3 Å². The molecule has 20 heavy (non-hydrogen) atoms. The maximum atomic E-state index is 12.0. The molecular formula is C13H15N3O4. The molecule has 0 spiro atoms. The lowest BCUT2D eigenvalue weighted by molar-refractivity contribution is -0.130. The number of carbonyl (C=O) groups is 3. The van der Waals surface area contributed by atoms with E-state index in [1.165, 1.54) is 19.4 Å². The molecule has 1 aliphatic heterocycles. The number of ether oxygens (including phenoxy) is 1. The van der Waals surface area contributed by atoms with E-state index in [4.69, 9.17) is 0 Å². The lowest BCUT2D eigenvalue weighted by Gasteiger charge is -2.15. The van der Waals surface area contributed by atoms with Gasteiger partial charge < -0.3 is 10.1 Å². The number of hydrogen-bond acceptors (Lipinski definition) is 5. The van der Waals surface area contributed by atoms with Crippen LogP contribution < -0.4 is 5.32 Å². The van der Waals surface area contributed by atoms with Gasteiger partial charge in [-0.25, -0.2) is 9.59 Å². The van der Waals surface area contributed by atoms with Crippen LogP contribution in [0.4, 0.5) is 4.79 Å². The van der Waals surface area contributed by atoms with E-state index >= 15 is 0 Å². The summed E-state index contributed by atoms with van der Waals surface area (Å²) in [6.07, 6.45) is 1.35. The van der Waals surface area contributed by atoms with Crippen molar-refractivity contribution in [2.45, 2.75) is 25.9 Å². The zero-order valence-electron chi connectivity index (χ0n) is 11.5. The molecule has 3 amide bonds. The molecule has 0 bridgehead atoms.